The van der Waals surface area contributed by atoms with Crippen molar-refractivity contribution in [1.82, 2.24) is 0 Å². The third-order valence-electron chi connectivity index (χ3n) is 2.25. The van der Waals surface area contributed by atoms with Crippen LogP contribution < -0.4 is 5.73 Å². The molecule has 0 bridgehead atoms. The average molecular weight is 235 g/mol. The van der Waals surface area contributed by atoms with Crippen molar-refractivity contribution in [2.45, 2.75) is 48.0 Å². The van der Waals surface area contributed by atoms with E-state index in [4.69, 9.17) is 5.73 Å². The molecule has 0 fully saturated rings. The van der Waals surface area contributed by atoms with Crippen LogP contribution in [-0.4, -0.2) is 6.54 Å². The Hall–Kier alpha value is -1.08. The molecule has 17 heavy (non-hydrogen) atoms. The molecule has 0 atom stereocenters. The van der Waals surface area contributed by atoms with E-state index in [1.165, 1.54) is 16.7 Å². The van der Waals surface area contributed by atoms with E-state index in [9.17, 15) is 0 Å². The molecule has 0 spiro atoms. The molecule has 0 aliphatic carbocycles. The number of hydrogen-bond acceptors (Lipinski definition) is 1. The van der Waals surface area contributed by atoms with E-state index < -0.39 is 0 Å². The zero-order valence-corrected chi connectivity index (χ0v) is 12.4. The lowest BCUT2D eigenvalue weighted by Crippen LogP contribution is -2.00. The average Bonchev–Trinajstić information content (AvgIpc) is 2.42. The monoisotopic (exact) mass is 235 g/mol. The SMILES string of the molecule is C/C=C(/CCN)c1ccccc1C.CC.CC. The third kappa shape index (κ3) is 6.96. The summed E-state index contributed by atoms with van der Waals surface area (Å²) in [6.07, 6.45) is 3.11. The molecule has 0 aliphatic rings. The highest BCUT2D eigenvalue weighted by atomic mass is 14.5. The standard InChI is InChI=1S/C12H17N.2C2H6/c1-3-11(8-9-13)12-7-5-4-6-10(12)2;2*1-2/h3-7H,8-9,13H2,1-2H3;2*1-2H3/b11-3-;;. The van der Waals surface area contributed by atoms with Gasteiger partial charge in [-0.1, -0.05) is 58.0 Å². The zero-order valence-electron chi connectivity index (χ0n) is 12.4. The fourth-order valence-electron chi connectivity index (χ4n) is 1.52. The lowest BCUT2D eigenvalue weighted by Gasteiger charge is -2.08. The van der Waals surface area contributed by atoms with Gasteiger partial charge in [0.2, 0.25) is 0 Å². The summed E-state index contributed by atoms with van der Waals surface area (Å²) >= 11 is 0. The minimum atomic E-state index is 0.716. The number of aryl methyl sites for hydroxylation is 1. The van der Waals surface area contributed by atoms with Crippen LogP contribution in [0.1, 0.15) is 52.2 Å². The molecule has 0 saturated carbocycles. The first kappa shape index (κ1) is 18.3. The second kappa shape index (κ2) is 13.0. The van der Waals surface area contributed by atoms with Crippen LogP contribution in [0, 0.1) is 6.92 Å². The van der Waals surface area contributed by atoms with Gasteiger partial charge in [-0.15, -0.1) is 0 Å². The van der Waals surface area contributed by atoms with E-state index >= 15 is 0 Å². The Morgan fingerprint density at radius 1 is 1.12 bits per heavy atom. The summed E-state index contributed by atoms with van der Waals surface area (Å²) in [5, 5.41) is 0. The van der Waals surface area contributed by atoms with Gasteiger partial charge in [0.15, 0.2) is 0 Å². The summed E-state index contributed by atoms with van der Waals surface area (Å²) in [6.45, 7) is 12.9. The maximum atomic E-state index is 5.55. The van der Waals surface area contributed by atoms with Crippen LogP contribution in [0.3, 0.4) is 0 Å². The summed E-state index contributed by atoms with van der Waals surface area (Å²) < 4.78 is 0. The van der Waals surface area contributed by atoms with Crippen LogP contribution in [0.2, 0.25) is 0 Å². The number of rotatable bonds is 3. The Morgan fingerprint density at radius 2 is 1.65 bits per heavy atom. The molecule has 1 heteroatoms. The van der Waals surface area contributed by atoms with E-state index in [1.54, 1.807) is 0 Å². The van der Waals surface area contributed by atoms with Gasteiger partial charge in [0.05, 0.1) is 0 Å². The van der Waals surface area contributed by atoms with Crippen molar-refractivity contribution < 1.29 is 0 Å². The second-order valence-corrected chi connectivity index (χ2v) is 3.17. The van der Waals surface area contributed by atoms with Crippen LogP contribution in [0.4, 0.5) is 0 Å². The molecule has 1 rings (SSSR count). The molecular formula is C16H29N. The predicted molar refractivity (Wildman–Crippen MR) is 81.2 cm³/mol. The maximum absolute atomic E-state index is 5.55. The van der Waals surface area contributed by atoms with Gasteiger partial charge in [0, 0.05) is 0 Å². The van der Waals surface area contributed by atoms with Crippen LogP contribution >= 0.6 is 0 Å². The number of hydrogen-bond donors (Lipinski definition) is 1. The Morgan fingerprint density at radius 3 is 2.06 bits per heavy atom. The van der Waals surface area contributed by atoms with Crippen molar-refractivity contribution in [1.29, 1.82) is 0 Å². The van der Waals surface area contributed by atoms with Crippen molar-refractivity contribution in [2.24, 2.45) is 5.73 Å². The molecular weight excluding hydrogens is 206 g/mol. The van der Waals surface area contributed by atoms with Gasteiger partial charge in [-0.25, -0.2) is 0 Å². The highest BCUT2D eigenvalue weighted by Gasteiger charge is 2.01. The highest BCUT2D eigenvalue weighted by Crippen LogP contribution is 2.20. The summed E-state index contributed by atoms with van der Waals surface area (Å²) in [5.74, 6) is 0. The minimum absolute atomic E-state index is 0.716. The van der Waals surface area contributed by atoms with Crippen molar-refractivity contribution in [3.8, 4) is 0 Å². The minimum Gasteiger partial charge on any atom is -0.330 e. The van der Waals surface area contributed by atoms with E-state index in [0.29, 0.717) is 6.54 Å². The normalized spacial score (nSPS) is 9.71. The molecule has 2 N–H and O–H groups in total. The fraction of sp³-hybridized carbons (Fsp3) is 0.500. The quantitative estimate of drug-likeness (QED) is 0.800. The molecule has 0 amide bonds. The van der Waals surface area contributed by atoms with E-state index in [-0.39, 0.29) is 0 Å². The molecule has 0 saturated heterocycles. The smallest absolute Gasteiger partial charge is 0.00366 e. The lowest BCUT2D eigenvalue weighted by atomic mass is 9.98. The molecule has 1 aromatic rings. The van der Waals surface area contributed by atoms with Crippen molar-refractivity contribution >= 4 is 5.57 Å². The van der Waals surface area contributed by atoms with E-state index in [0.717, 1.165) is 6.42 Å². The summed E-state index contributed by atoms with van der Waals surface area (Å²) in [5.41, 5.74) is 9.55. The second-order valence-electron chi connectivity index (χ2n) is 3.17. The third-order valence-corrected chi connectivity index (χ3v) is 2.25. The van der Waals surface area contributed by atoms with Crippen LogP contribution in [-0.2, 0) is 0 Å². The van der Waals surface area contributed by atoms with Gasteiger partial charge in [-0.2, -0.15) is 0 Å². The Balaban J connectivity index is 0. The molecule has 0 radical (unpaired) electrons. The molecule has 1 aromatic carbocycles. The first-order valence-electron chi connectivity index (χ1n) is 6.71. The first-order valence-corrected chi connectivity index (χ1v) is 6.71. The highest BCUT2D eigenvalue weighted by molar-refractivity contribution is 5.67. The van der Waals surface area contributed by atoms with Crippen LogP contribution in [0.5, 0.6) is 0 Å². The van der Waals surface area contributed by atoms with Crippen molar-refractivity contribution in [3.05, 3.63) is 41.5 Å². The van der Waals surface area contributed by atoms with Gasteiger partial charge in [0.1, 0.15) is 0 Å². The number of nitrogens with two attached hydrogens (primary N) is 1. The molecule has 0 heterocycles. The van der Waals surface area contributed by atoms with Gasteiger partial charge in [-0.3, -0.25) is 0 Å². The summed E-state index contributed by atoms with van der Waals surface area (Å²) in [6, 6.07) is 8.42. The topological polar surface area (TPSA) is 26.0 Å². The fourth-order valence-corrected chi connectivity index (χ4v) is 1.52. The van der Waals surface area contributed by atoms with Gasteiger partial charge in [-0.05, 0) is 43.5 Å². The molecule has 0 unspecified atom stereocenters. The van der Waals surface area contributed by atoms with Crippen molar-refractivity contribution in [2.75, 3.05) is 6.54 Å². The van der Waals surface area contributed by atoms with E-state index in [2.05, 4.69) is 44.2 Å². The van der Waals surface area contributed by atoms with Crippen LogP contribution in [0.25, 0.3) is 5.57 Å². The number of benzene rings is 1. The lowest BCUT2D eigenvalue weighted by molar-refractivity contribution is 1.02. The number of allylic oxidation sites excluding steroid dienone is 1. The maximum Gasteiger partial charge on any atom is -0.00366 e. The van der Waals surface area contributed by atoms with Gasteiger partial charge < -0.3 is 5.73 Å². The van der Waals surface area contributed by atoms with Gasteiger partial charge in [0.25, 0.3) is 0 Å². The summed E-state index contributed by atoms with van der Waals surface area (Å²) in [4.78, 5) is 0. The summed E-state index contributed by atoms with van der Waals surface area (Å²) in [7, 11) is 0. The first-order chi connectivity index (χ1) is 8.29. The predicted octanol–water partition coefficient (Wildman–Crippen LogP) is 4.80. The molecule has 0 aliphatic heterocycles. The Bertz CT molecular complexity index is 300. The van der Waals surface area contributed by atoms with Crippen molar-refractivity contribution in [3.63, 3.8) is 0 Å². The Kier molecular flexibility index (Phi) is 14.0. The van der Waals surface area contributed by atoms with Gasteiger partial charge >= 0.3 is 0 Å². The largest absolute Gasteiger partial charge is 0.330 e. The Labute approximate surface area is 108 Å². The van der Waals surface area contributed by atoms with Crippen LogP contribution in [0.15, 0.2) is 30.3 Å². The molecule has 98 valence electrons. The van der Waals surface area contributed by atoms with E-state index in [1.807, 2.05) is 27.7 Å². The molecule has 1 nitrogen and oxygen atoms in total. The molecule has 0 aromatic heterocycles. The zero-order chi connectivity index (χ0) is 13.7.